The Morgan fingerprint density at radius 2 is 1.32 bits per heavy atom. The molecule has 4 atom stereocenters. The molecule has 2 aromatic rings. The Labute approximate surface area is 232 Å². The summed E-state index contributed by atoms with van der Waals surface area (Å²) in [6.07, 6.45) is -0.653. The van der Waals surface area contributed by atoms with Crippen LogP contribution in [0.15, 0.2) is 54.6 Å². The molecule has 0 aromatic heterocycles. The molecule has 0 fully saturated rings. The van der Waals surface area contributed by atoms with Crippen molar-refractivity contribution in [1.82, 2.24) is 16.0 Å². The lowest BCUT2D eigenvalue weighted by Crippen LogP contribution is -2.58. The largest absolute Gasteiger partial charge is 0.508 e. The Morgan fingerprint density at radius 1 is 0.750 bits per heavy atom. The molecule has 0 aliphatic heterocycles. The average molecular weight is 557 g/mol. The highest BCUT2D eigenvalue weighted by Crippen LogP contribution is 2.12. The van der Waals surface area contributed by atoms with E-state index in [4.69, 9.17) is 10.8 Å². The third-order valence-corrected chi connectivity index (χ3v) is 6.15. The number of carbonyl (C=O) groups is 5. The van der Waals surface area contributed by atoms with Crippen molar-refractivity contribution in [3.8, 4) is 5.75 Å². The van der Waals surface area contributed by atoms with Crippen LogP contribution in [-0.2, 0) is 36.8 Å². The van der Waals surface area contributed by atoms with Crippen LogP contribution in [0.25, 0.3) is 0 Å². The summed E-state index contributed by atoms with van der Waals surface area (Å²) in [6.45, 7) is 3.34. The van der Waals surface area contributed by atoms with Gasteiger partial charge in [-0.1, -0.05) is 56.3 Å². The number of hydrogen-bond acceptors (Lipinski definition) is 7. The van der Waals surface area contributed by atoms with Gasteiger partial charge in [0.1, 0.15) is 23.9 Å². The smallest absolute Gasteiger partial charge is 0.326 e. The summed E-state index contributed by atoms with van der Waals surface area (Å²) in [6, 6.07) is 9.95. The lowest BCUT2D eigenvalue weighted by atomic mass is 10.00. The van der Waals surface area contributed by atoms with Gasteiger partial charge in [-0.2, -0.15) is 0 Å². The zero-order chi connectivity index (χ0) is 29.8. The van der Waals surface area contributed by atoms with Gasteiger partial charge >= 0.3 is 11.9 Å². The first-order valence-electron chi connectivity index (χ1n) is 12.8. The number of carboxylic acids is 2. The second-order valence-electron chi connectivity index (χ2n) is 9.79. The summed E-state index contributed by atoms with van der Waals surface area (Å²) in [5.74, 6) is -5.11. The van der Waals surface area contributed by atoms with Crippen LogP contribution < -0.4 is 21.7 Å². The Balaban J connectivity index is 2.12. The number of hydrogen-bond donors (Lipinski definition) is 7. The van der Waals surface area contributed by atoms with Crippen molar-refractivity contribution in [2.75, 3.05) is 0 Å². The molecule has 0 heterocycles. The van der Waals surface area contributed by atoms with Gasteiger partial charge in [0.15, 0.2) is 0 Å². The second-order valence-corrected chi connectivity index (χ2v) is 9.79. The molecule has 0 aliphatic rings. The fourth-order valence-corrected chi connectivity index (χ4v) is 3.89. The maximum absolute atomic E-state index is 13.2. The van der Waals surface area contributed by atoms with E-state index < -0.39 is 66.2 Å². The number of nitrogens with one attached hydrogen (secondary N) is 3. The van der Waals surface area contributed by atoms with Gasteiger partial charge in [0.2, 0.25) is 17.7 Å². The predicted molar refractivity (Wildman–Crippen MR) is 145 cm³/mol. The van der Waals surface area contributed by atoms with Crippen LogP contribution in [0, 0.1) is 5.92 Å². The number of aliphatic carboxylic acids is 2. The minimum Gasteiger partial charge on any atom is -0.508 e. The normalized spacial score (nSPS) is 13.9. The number of benzene rings is 2. The first-order chi connectivity index (χ1) is 18.9. The Bertz CT molecular complexity index is 1170. The summed E-state index contributed by atoms with van der Waals surface area (Å²) >= 11 is 0. The fraction of sp³-hybridized carbons (Fsp3) is 0.393. The molecule has 216 valence electrons. The number of phenolic OH excluding ortho intramolecular Hbond substituents is 1. The summed E-state index contributed by atoms with van der Waals surface area (Å²) in [5.41, 5.74) is 7.38. The highest BCUT2D eigenvalue weighted by atomic mass is 16.4. The zero-order valence-electron chi connectivity index (χ0n) is 22.4. The molecule has 0 spiro atoms. The third-order valence-electron chi connectivity index (χ3n) is 6.15. The van der Waals surface area contributed by atoms with Crippen LogP contribution in [-0.4, -0.2) is 69.1 Å². The maximum Gasteiger partial charge on any atom is 0.326 e. The molecule has 12 nitrogen and oxygen atoms in total. The van der Waals surface area contributed by atoms with Crippen LogP contribution in [0.2, 0.25) is 0 Å². The van der Waals surface area contributed by atoms with E-state index in [1.54, 1.807) is 56.3 Å². The monoisotopic (exact) mass is 556 g/mol. The third kappa shape index (κ3) is 10.4. The molecule has 0 saturated heterocycles. The number of amides is 3. The first kappa shape index (κ1) is 31.8. The highest BCUT2D eigenvalue weighted by molar-refractivity contribution is 5.94. The van der Waals surface area contributed by atoms with Crippen LogP contribution in [0.4, 0.5) is 0 Å². The Morgan fingerprint density at radius 3 is 1.88 bits per heavy atom. The number of nitrogens with two attached hydrogens (primary N) is 1. The number of carbonyl (C=O) groups excluding carboxylic acids is 3. The second kappa shape index (κ2) is 15.2. The predicted octanol–water partition coefficient (Wildman–Crippen LogP) is 0.565. The van der Waals surface area contributed by atoms with E-state index in [1.165, 1.54) is 12.1 Å². The number of phenols is 1. The van der Waals surface area contributed by atoms with Gasteiger partial charge in [-0.25, -0.2) is 4.79 Å². The van der Waals surface area contributed by atoms with Gasteiger partial charge in [0.25, 0.3) is 0 Å². The molecule has 2 aromatic carbocycles. The van der Waals surface area contributed by atoms with Crippen LogP contribution >= 0.6 is 0 Å². The molecule has 0 saturated carbocycles. The van der Waals surface area contributed by atoms with Gasteiger partial charge in [0.05, 0.1) is 6.04 Å². The molecule has 12 heteroatoms. The lowest BCUT2D eigenvalue weighted by Gasteiger charge is -2.27. The van der Waals surface area contributed by atoms with Crippen molar-refractivity contribution < 1.29 is 39.3 Å². The van der Waals surface area contributed by atoms with Gasteiger partial charge in [-0.3, -0.25) is 19.2 Å². The SMILES string of the molecule is CC(C)C(NC(=O)C(N)Cc1ccc(O)cc1)C(=O)NC(CCC(=O)O)C(=O)NC(Cc1ccccc1)C(=O)O. The van der Waals surface area contributed by atoms with Gasteiger partial charge in [0, 0.05) is 12.8 Å². The quantitative estimate of drug-likeness (QED) is 0.163. The number of aromatic hydroxyl groups is 1. The van der Waals surface area contributed by atoms with Crippen molar-refractivity contribution in [3.05, 3.63) is 65.7 Å². The molecular weight excluding hydrogens is 520 g/mol. The summed E-state index contributed by atoms with van der Waals surface area (Å²) in [4.78, 5) is 62.0. The fourth-order valence-electron chi connectivity index (χ4n) is 3.89. The maximum atomic E-state index is 13.2. The molecule has 0 aliphatic carbocycles. The minimum absolute atomic E-state index is 0.0227. The Kier molecular flexibility index (Phi) is 12.1. The minimum atomic E-state index is -1.37. The van der Waals surface area contributed by atoms with Crippen molar-refractivity contribution in [1.29, 1.82) is 0 Å². The zero-order valence-corrected chi connectivity index (χ0v) is 22.4. The molecule has 0 radical (unpaired) electrons. The van der Waals surface area contributed by atoms with Crippen LogP contribution in [0.3, 0.4) is 0 Å². The molecule has 0 bridgehead atoms. The Hall–Kier alpha value is -4.45. The molecule has 40 heavy (non-hydrogen) atoms. The highest BCUT2D eigenvalue weighted by Gasteiger charge is 2.32. The summed E-state index contributed by atoms with van der Waals surface area (Å²) in [5, 5.41) is 35.6. The van der Waals surface area contributed by atoms with E-state index in [9.17, 15) is 34.2 Å². The van der Waals surface area contributed by atoms with E-state index in [2.05, 4.69) is 16.0 Å². The molecular formula is C28H36N4O8. The van der Waals surface area contributed by atoms with Crippen molar-refractivity contribution in [3.63, 3.8) is 0 Å². The van der Waals surface area contributed by atoms with Crippen molar-refractivity contribution >= 4 is 29.7 Å². The number of rotatable bonds is 15. The molecule has 4 unspecified atom stereocenters. The molecule has 2 rings (SSSR count). The molecule has 3 amide bonds. The van der Waals surface area contributed by atoms with Gasteiger partial charge in [-0.05, 0) is 42.0 Å². The summed E-state index contributed by atoms with van der Waals surface area (Å²) in [7, 11) is 0. The van der Waals surface area contributed by atoms with Crippen molar-refractivity contribution in [2.24, 2.45) is 11.7 Å². The average Bonchev–Trinajstić information content (AvgIpc) is 2.90. The topological polar surface area (TPSA) is 208 Å². The number of carboxylic acid groups (broad SMARTS) is 2. The van der Waals surface area contributed by atoms with Crippen molar-refractivity contribution in [2.45, 2.75) is 63.7 Å². The van der Waals surface area contributed by atoms with E-state index >= 15 is 0 Å². The van der Waals surface area contributed by atoms with E-state index in [-0.39, 0.29) is 25.0 Å². The van der Waals surface area contributed by atoms with Gasteiger partial charge < -0.3 is 37.0 Å². The standard InChI is InChI=1S/C28H36N4O8/c1-16(2)24(32-25(36)20(29)14-18-8-10-19(33)11-9-18)27(38)30-21(12-13-23(34)35)26(37)31-22(28(39)40)15-17-6-4-3-5-7-17/h3-11,16,20-22,24,33H,12-15,29H2,1-2H3,(H,30,38)(H,31,37)(H,32,36)(H,34,35)(H,39,40). The van der Waals surface area contributed by atoms with Gasteiger partial charge in [-0.15, -0.1) is 0 Å². The van der Waals surface area contributed by atoms with E-state index in [0.717, 1.165) is 0 Å². The van der Waals surface area contributed by atoms with Crippen LogP contribution in [0.1, 0.15) is 37.8 Å². The van der Waals surface area contributed by atoms with E-state index in [1.807, 2.05) is 0 Å². The van der Waals surface area contributed by atoms with Crippen LogP contribution in [0.5, 0.6) is 5.75 Å². The summed E-state index contributed by atoms with van der Waals surface area (Å²) < 4.78 is 0. The first-order valence-corrected chi connectivity index (χ1v) is 12.8. The van der Waals surface area contributed by atoms with E-state index in [0.29, 0.717) is 11.1 Å². The molecule has 8 N–H and O–H groups in total. The lowest BCUT2D eigenvalue weighted by molar-refractivity contribution is -0.143.